The van der Waals surface area contributed by atoms with Crippen LogP contribution < -0.4 is 5.32 Å². The summed E-state index contributed by atoms with van der Waals surface area (Å²) in [5.74, 6) is -0.0654. The minimum Gasteiger partial charge on any atom is -0.347 e. The zero-order chi connectivity index (χ0) is 17.9. The topological polar surface area (TPSA) is 46.9 Å². The molecule has 0 spiro atoms. The number of nitrogens with zero attached hydrogens (tertiary/aromatic N) is 2. The molecule has 0 bridgehead atoms. The van der Waals surface area contributed by atoms with Crippen molar-refractivity contribution in [3.63, 3.8) is 0 Å². The number of aromatic nitrogens is 2. The van der Waals surface area contributed by atoms with Crippen molar-refractivity contribution in [1.29, 1.82) is 0 Å². The summed E-state index contributed by atoms with van der Waals surface area (Å²) < 4.78 is 3.22. The van der Waals surface area contributed by atoms with Crippen molar-refractivity contribution in [2.75, 3.05) is 0 Å². The minimum absolute atomic E-state index is 0.0654. The van der Waals surface area contributed by atoms with Crippen LogP contribution >= 0.6 is 11.3 Å². The number of fused-ring (bicyclic) bond motifs is 1. The molecule has 3 aromatic heterocycles. The molecule has 0 unspecified atom stereocenters. The summed E-state index contributed by atoms with van der Waals surface area (Å²) >= 11 is 1.66. The van der Waals surface area contributed by atoms with Gasteiger partial charge < -0.3 is 9.88 Å². The molecule has 0 saturated heterocycles. The van der Waals surface area contributed by atoms with E-state index in [0.29, 0.717) is 18.8 Å². The van der Waals surface area contributed by atoms with Crippen LogP contribution in [0.4, 0.5) is 0 Å². The summed E-state index contributed by atoms with van der Waals surface area (Å²) in [5.41, 5.74) is 5.19. The predicted octanol–water partition coefficient (Wildman–Crippen LogP) is 4.38. The van der Waals surface area contributed by atoms with Crippen molar-refractivity contribution < 1.29 is 4.79 Å². The Hall–Kier alpha value is -2.92. The quantitative estimate of drug-likeness (QED) is 0.573. The summed E-state index contributed by atoms with van der Waals surface area (Å²) in [4.78, 5) is 16.9. The van der Waals surface area contributed by atoms with Gasteiger partial charge in [0.2, 0.25) is 0 Å². The summed E-state index contributed by atoms with van der Waals surface area (Å²) in [7, 11) is 0. The van der Waals surface area contributed by atoms with E-state index in [1.54, 1.807) is 23.7 Å². The fourth-order valence-corrected chi connectivity index (χ4v) is 3.81. The largest absolute Gasteiger partial charge is 0.347 e. The smallest absolute Gasteiger partial charge is 0.268 e. The molecular formula is C21H19N3OS. The molecule has 1 amide bonds. The van der Waals surface area contributed by atoms with Crippen LogP contribution in [0.2, 0.25) is 0 Å². The van der Waals surface area contributed by atoms with E-state index in [4.69, 9.17) is 0 Å². The van der Waals surface area contributed by atoms with Crippen molar-refractivity contribution in [2.24, 2.45) is 0 Å². The van der Waals surface area contributed by atoms with Crippen LogP contribution in [0.3, 0.4) is 0 Å². The Morgan fingerprint density at radius 2 is 2.00 bits per heavy atom. The van der Waals surface area contributed by atoms with Crippen LogP contribution in [0.1, 0.15) is 27.2 Å². The maximum absolute atomic E-state index is 12.8. The molecule has 130 valence electrons. The number of pyridine rings is 1. The number of hydrogen-bond acceptors (Lipinski definition) is 3. The molecule has 4 aromatic rings. The van der Waals surface area contributed by atoms with E-state index in [-0.39, 0.29) is 5.91 Å². The monoisotopic (exact) mass is 361 g/mol. The second-order valence-corrected chi connectivity index (χ2v) is 7.26. The highest BCUT2D eigenvalue weighted by Crippen LogP contribution is 2.26. The number of rotatable bonds is 5. The maximum atomic E-state index is 12.8. The summed E-state index contributed by atoms with van der Waals surface area (Å²) in [6.07, 6.45) is 3.50. The van der Waals surface area contributed by atoms with Crippen molar-refractivity contribution in [3.8, 4) is 0 Å². The lowest BCUT2D eigenvalue weighted by Gasteiger charge is -2.11. The first-order valence-corrected chi connectivity index (χ1v) is 9.38. The highest BCUT2D eigenvalue weighted by atomic mass is 32.1. The van der Waals surface area contributed by atoms with Gasteiger partial charge in [-0.15, -0.1) is 11.3 Å². The molecule has 26 heavy (non-hydrogen) atoms. The zero-order valence-electron chi connectivity index (χ0n) is 14.5. The molecule has 1 N–H and O–H groups in total. The molecular weight excluding hydrogens is 342 g/mol. The van der Waals surface area contributed by atoms with E-state index in [9.17, 15) is 4.79 Å². The van der Waals surface area contributed by atoms with Crippen molar-refractivity contribution in [3.05, 3.63) is 88.7 Å². The van der Waals surface area contributed by atoms with Crippen LogP contribution in [0.5, 0.6) is 0 Å². The van der Waals surface area contributed by atoms with Gasteiger partial charge in [0.05, 0.1) is 10.2 Å². The number of amides is 1. The highest BCUT2D eigenvalue weighted by molar-refractivity contribution is 7.17. The molecule has 0 aliphatic rings. The van der Waals surface area contributed by atoms with Crippen LogP contribution in [0.25, 0.3) is 10.2 Å². The van der Waals surface area contributed by atoms with E-state index >= 15 is 0 Å². The Morgan fingerprint density at radius 1 is 1.15 bits per heavy atom. The third-order valence-corrected chi connectivity index (χ3v) is 5.25. The van der Waals surface area contributed by atoms with Gasteiger partial charge in [0.15, 0.2) is 0 Å². The second kappa shape index (κ2) is 7.14. The first-order valence-electron chi connectivity index (χ1n) is 8.50. The molecule has 0 radical (unpaired) electrons. The minimum atomic E-state index is -0.0654. The molecule has 0 atom stereocenters. The number of thiophene rings is 1. The molecule has 0 fully saturated rings. The summed E-state index contributed by atoms with van der Waals surface area (Å²) in [5, 5.41) is 5.07. The van der Waals surface area contributed by atoms with Gasteiger partial charge in [-0.25, -0.2) is 0 Å². The summed E-state index contributed by atoms with van der Waals surface area (Å²) in [6.45, 7) is 3.22. The first-order chi connectivity index (χ1) is 12.7. The Labute approximate surface area is 156 Å². The van der Waals surface area contributed by atoms with Crippen LogP contribution in [-0.4, -0.2) is 15.5 Å². The Bertz CT molecular complexity index is 1030. The van der Waals surface area contributed by atoms with Gasteiger partial charge in [-0.05, 0) is 41.6 Å². The van der Waals surface area contributed by atoms with E-state index in [2.05, 4.69) is 57.5 Å². The summed E-state index contributed by atoms with van der Waals surface area (Å²) in [6, 6.07) is 16.3. The maximum Gasteiger partial charge on any atom is 0.268 e. The van der Waals surface area contributed by atoms with Gasteiger partial charge in [-0.3, -0.25) is 9.78 Å². The van der Waals surface area contributed by atoms with Gasteiger partial charge in [0.25, 0.3) is 5.91 Å². The van der Waals surface area contributed by atoms with Crippen molar-refractivity contribution in [2.45, 2.75) is 20.0 Å². The number of carbonyl (C=O) groups is 1. The molecule has 3 heterocycles. The fraction of sp³-hybridized carbons (Fsp3) is 0.143. The van der Waals surface area contributed by atoms with E-state index < -0.39 is 0 Å². The number of carbonyl (C=O) groups excluding carboxylic acids is 1. The van der Waals surface area contributed by atoms with E-state index in [1.165, 1.54) is 11.1 Å². The van der Waals surface area contributed by atoms with Gasteiger partial charge in [0.1, 0.15) is 5.69 Å². The first kappa shape index (κ1) is 16.5. The number of nitrogens with one attached hydrogen (secondary N) is 1. The van der Waals surface area contributed by atoms with Crippen molar-refractivity contribution in [1.82, 2.24) is 14.9 Å². The fourth-order valence-electron chi connectivity index (χ4n) is 2.99. The van der Waals surface area contributed by atoms with E-state index in [1.807, 2.05) is 18.2 Å². The lowest BCUT2D eigenvalue weighted by molar-refractivity contribution is 0.0942. The molecule has 4 nitrogen and oxygen atoms in total. The molecule has 4 rings (SSSR count). The lowest BCUT2D eigenvalue weighted by Crippen LogP contribution is -2.25. The SMILES string of the molecule is Cc1ccc(Cn2c(C(=O)NCc3cccnc3)cc3sccc32)cc1. The molecule has 0 saturated carbocycles. The van der Waals surface area contributed by atoms with Crippen molar-refractivity contribution >= 4 is 27.5 Å². The van der Waals surface area contributed by atoms with Gasteiger partial charge in [0, 0.05) is 25.5 Å². The molecule has 5 heteroatoms. The van der Waals surface area contributed by atoms with Crippen LogP contribution in [-0.2, 0) is 13.1 Å². The molecule has 1 aromatic carbocycles. The molecule has 0 aliphatic carbocycles. The van der Waals surface area contributed by atoms with Gasteiger partial charge in [-0.1, -0.05) is 35.9 Å². The third kappa shape index (κ3) is 3.39. The average molecular weight is 361 g/mol. The van der Waals surface area contributed by atoms with Crippen LogP contribution in [0.15, 0.2) is 66.3 Å². The second-order valence-electron chi connectivity index (χ2n) is 6.32. The standard InChI is InChI=1S/C21H19N3OS/c1-15-4-6-16(7-5-15)14-24-18-8-10-26-20(18)11-19(24)21(25)23-13-17-3-2-9-22-12-17/h2-12H,13-14H2,1H3,(H,23,25). The Morgan fingerprint density at radius 3 is 2.77 bits per heavy atom. The molecule has 0 aliphatic heterocycles. The van der Waals surface area contributed by atoms with Crippen LogP contribution in [0, 0.1) is 6.92 Å². The number of benzene rings is 1. The normalized spacial score (nSPS) is 11.0. The Kier molecular flexibility index (Phi) is 4.54. The highest BCUT2D eigenvalue weighted by Gasteiger charge is 2.16. The third-order valence-electron chi connectivity index (χ3n) is 4.39. The Balaban J connectivity index is 1.60. The number of aryl methyl sites for hydroxylation is 1. The van der Waals surface area contributed by atoms with E-state index in [0.717, 1.165) is 15.8 Å². The zero-order valence-corrected chi connectivity index (χ0v) is 15.3. The van der Waals surface area contributed by atoms with Gasteiger partial charge >= 0.3 is 0 Å². The average Bonchev–Trinajstić information content (AvgIpc) is 3.25. The number of hydrogen-bond donors (Lipinski definition) is 1. The lowest BCUT2D eigenvalue weighted by atomic mass is 10.1. The predicted molar refractivity (Wildman–Crippen MR) is 106 cm³/mol. The van der Waals surface area contributed by atoms with Gasteiger partial charge in [-0.2, -0.15) is 0 Å².